The lowest BCUT2D eigenvalue weighted by Gasteiger charge is -2.27. The molecule has 1 aromatic rings. The first-order valence-electron chi connectivity index (χ1n) is 6.21. The molecule has 0 aromatic carbocycles. The van der Waals surface area contributed by atoms with Crippen LogP contribution in [0.3, 0.4) is 0 Å². The summed E-state index contributed by atoms with van der Waals surface area (Å²) in [5, 5.41) is 0. The summed E-state index contributed by atoms with van der Waals surface area (Å²) in [6.45, 7) is 0.571. The number of rotatable bonds is 3. The monoisotopic (exact) mass is 298 g/mol. The summed E-state index contributed by atoms with van der Waals surface area (Å²) in [6, 6.07) is 3.79. The van der Waals surface area contributed by atoms with Crippen LogP contribution < -0.4 is 10.5 Å². The number of nitrogens with zero attached hydrogens (tertiary/aromatic N) is 1. The second-order valence-electron chi connectivity index (χ2n) is 4.88. The van der Waals surface area contributed by atoms with Gasteiger partial charge in [0.15, 0.2) is 0 Å². The first kappa shape index (κ1) is 12.8. The molecule has 0 spiro atoms. The summed E-state index contributed by atoms with van der Waals surface area (Å²) in [7, 11) is 0. The maximum Gasteiger partial charge on any atom is 0.213 e. The Balaban J connectivity index is 1.89. The summed E-state index contributed by atoms with van der Waals surface area (Å²) in [4.78, 5) is 4.19. The highest BCUT2D eigenvalue weighted by Crippen LogP contribution is 2.25. The zero-order valence-electron chi connectivity index (χ0n) is 9.99. The smallest absolute Gasteiger partial charge is 0.213 e. The average Bonchev–Trinajstić information content (AvgIpc) is 2.54. The van der Waals surface area contributed by atoms with E-state index in [4.69, 9.17) is 10.5 Å². The topological polar surface area (TPSA) is 48.1 Å². The molecule has 0 amide bonds. The van der Waals surface area contributed by atoms with E-state index in [0.29, 0.717) is 12.5 Å². The van der Waals surface area contributed by atoms with Crippen LogP contribution >= 0.6 is 15.9 Å². The summed E-state index contributed by atoms with van der Waals surface area (Å²) in [5.74, 6) is 0.655. The minimum atomic E-state index is -0.161. The van der Waals surface area contributed by atoms with Gasteiger partial charge in [0.2, 0.25) is 5.88 Å². The number of aromatic nitrogens is 1. The van der Waals surface area contributed by atoms with Crippen molar-refractivity contribution in [3.8, 4) is 5.88 Å². The molecule has 0 saturated heterocycles. The normalized spacial score (nSPS) is 19.6. The molecule has 0 atom stereocenters. The first-order valence-corrected chi connectivity index (χ1v) is 7.01. The second-order valence-corrected chi connectivity index (χ2v) is 5.80. The minimum absolute atomic E-state index is 0.161. The molecule has 0 radical (unpaired) electrons. The third-order valence-corrected chi connectivity index (χ3v) is 3.78. The predicted octanol–water partition coefficient (Wildman–Crippen LogP) is 3.27. The Hall–Kier alpha value is -0.610. The van der Waals surface area contributed by atoms with Crippen LogP contribution in [0.15, 0.2) is 22.8 Å². The van der Waals surface area contributed by atoms with Gasteiger partial charge < -0.3 is 10.5 Å². The third-order valence-electron chi connectivity index (χ3n) is 3.31. The van der Waals surface area contributed by atoms with Crippen LogP contribution in [0.2, 0.25) is 0 Å². The molecule has 3 nitrogen and oxygen atoms in total. The molecule has 1 aromatic heterocycles. The maximum atomic E-state index is 6.37. The minimum Gasteiger partial charge on any atom is -0.476 e. The van der Waals surface area contributed by atoms with Gasteiger partial charge in [0.25, 0.3) is 0 Å². The SMILES string of the molecule is NC1(COc2ccc(Br)cn2)CCCCCC1. The third kappa shape index (κ3) is 3.96. The van der Waals surface area contributed by atoms with E-state index in [1.165, 1.54) is 25.7 Å². The Labute approximate surface area is 111 Å². The van der Waals surface area contributed by atoms with Gasteiger partial charge in [0, 0.05) is 16.7 Å². The van der Waals surface area contributed by atoms with E-state index < -0.39 is 0 Å². The molecule has 17 heavy (non-hydrogen) atoms. The van der Waals surface area contributed by atoms with Gasteiger partial charge in [-0.1, -0.05) is 25.7 Å². The van der Waals surface area contributed by atoms with E-state index in [9.17, 15) is 0 Å². The van der Waals surface area contributed by atoms with Crippen molar-refractivity contribution in [3.63, 3.8) is 0 Å². The van der Waals surface area contributed by atoms with Gasteiger partial charge in [-0.2, -0.15) is 0 Å². The molecule has 1 saturated carbocycles. The van der Waals surface area contributed by atoms with Gasteiger partial charge in [-0.25, -0.2) is 4.98 Å². The molecule has 1 aliphatic carbocycles. The van der Waals surface area contributed by atoms with E-state index in [1.54, 1.807) is 6.20 Å². The quantitative estimate of drug-likeness (QED) is 0.871. The summed E-state index contributed by atoms with van der Waals surface area (Å²) in [5.41, 5.74) is 6.21. The van der Waals surface area contributed by atoms with Gasteiger partial charge in [-0.05, 0) is 34.8 Å². The van der Waals surface area contributed by atoms with Crippen molar-refractivity contribution in [1.29, 1.82) is 0 Å². The van der Waals surface area contributed by atoms with Crippen LogP contribution in [-0.2, 0) is 0 Å². The molecular formula is C13H19BrN2O. The van der Waals surface area contributed by atoms with Crippen molar-refractivity contribution in [3.05, 3.63) is 22.8 Å². The van der Waals surface area contributed by atoms with Gasteiger partial charge in [0.05, 0.1) is 5.54 Å². The largest absolute Gasteiger partial charge is 0.476 e. The van der Waals surface area contributed by atoms with Gasteiger partial charge in [-0.15, -0.1) is 0 Å². The van der Waals surface area contributed by atoms with Crippen LogP contribution in [0.4, 0.5) is 0 Å². The maximum absolute atomic E-state index is 6.37. The highest BCUT2D eigenvalue weighted by Gasteiger charge is 2.27. The van der Waals surface area contributed by atoms with Crippen molar-refractivity contribution < 1.29 is 4.74 Å². The highest BCUT2D eigenvalue weighted by molar-refractivity contribution is 9.10. The fourth-order valence-electron chi connectivity index (χ4n) is 2.24. The number of ether oxygens (including phenoxy) is 1. The van der Waals surface area contributed by atoms with Crippen molar-refractivity contribution >= 4 is 15.9 Å². The zero-order valence-corrected chi connectivity index (χ0v) is 11.6. The molecular weight excluding hydrogens is 280 g/mol. The van der Waals surface area contributed by atoms with Crippen LogP contribution in [0, 0.1) is 0 Å². The lowest BCUT2D eigenvalue weighted by atomic mass is 9.93. The molecule has 2 N–H and O–H groups in total. The number of nitrogens with two attached hydrogens (primary N) is 1. The molecule has 0 unspecified atom stereocenters. The van der Waals surface area contributed by atoms with Crippen LogP contribution in [0.1, 0.15) is 38.5 Å². The van der Waals surface area contributed by atoms with Crippen LogP contribution in [0.25, 0.3) is 0 Å². The number of hydrogen-bond donors (Lipinski definition) is 1. The average molecular weight is 299 g/mol. The van der Waals surface area contributed by atoms with Crippen molar-refractivity contribution in [2.24, 2.45) is 5.73 Å². The Kier molecular flexibility index (Phi) is 4.40. The van der Waals surface area contributed by atoms with Crippen molar-refractivity contribution in [1.82, 2.24) is 4.98 Å². The Bertz CT molecular complexity index is 345. The molecule has 1 fully saturated rings. The van der Waals surface area contributed by atoms with E-state index in [-0.39, 0.29) is 5.54 Å². The number of hydrogen-bond acceptors (Lipinski definition) is 3. The Morgan fingerprint density at radius 2 is 1.94 bits per heavy atom. The zero-order chi connectivity index (χ0) is 12.1. The fraction of sp³-hybridized carbons (Fsp3) is 0.615. The first-order chi connectivity index (χ1) is 8.18. The van der Waals surface area contributed by atoms with Crippen LogP contribution in [0.5, 0.6) is 5.88 Å². The summed E-state index contributed by atoms with van der Waals surface area (Å²) < 4.78 is 6.66. The summed E-state index contributed by atoms with van der Waals surface area (Å²) in [6.07, 6.45) is 8.89. The molecule has 2 rings (SSSR count). The molecule has 94 valence electrons. The van der Waals surface area contributed by atoms with E-state index in [2.05, 4.69) is 20.9 Å². The van der Waals surface area contributed by atoms with Crippen molar-refractivity contribution in [2.45, 2.75) is 44.1 Å². The van der Waals surface area contributed by atoms with Gasteiger partial charge in [-0.3, -0.25) is 0 Å². The fourth-order valence-corrected chi connectivity index (χ4v) is 2.48. The standard InChI is InChI=1S/C13H19BrN2O/c14-11-5-6-12(16-9-11)17-10-13(15)7-3-1-2-4-8-13/h5-6,9H,1-4,7-8,10,15H2. The van der Waals surface area contributed by atoms with Crippen LogP contribution in [-0.4, -0.2) is 17.1 Å². The Morgan fingerprint density at radius 1 is 1.24 bits per heavy atom. The molecule has 4 heteroatoms. The Morgan fingerprint density at radius 3 is 2.53 bits per heavy atom. The van der Waals surface area contributed by atoms with E-state index in [0.717, 1.165) is 17.3 Å². The summed E-state index contributed by atoms with van der Waals surface area (Å²) >= 11 is 3.35. The molecule has 0 bridgehead atoms. The highest BCUT2D eigenvalue weighted by atomic mass is 79.9. The molecule has 1 heterocycles. The predicted molar refractivity (Wildman–Crippen MR) is 72.1 cm³/mol. The lowest BCUT2D eigenvalue weighted by Crippen LogP contribution is -2.45. The number of halogens is 1. The second kappa shape index (κ2) is 5.83. The van der Waals surface area contributed by atoms with Crippen molar-refractivity contribution in [2.75, 3.05) is 6.61 Å². The van der Waals surface area contributed by atoms with E-state index >= 15 is 0 Å². The van der Waals surface area contributed by atoms with Gasteiger partial charge >= 0.3 is 0 Å². The lowest BCUT2D eigenvalue weighted by molar-refractivity contribution is 0.193. The molecule has 0 aliphatic heterocycles. The van der Waals surface area contributed by atoms with E-state index in [1.807, 2.05) is 12.1 Å². The molecule has 1 aliphatic rings. The van der Waals surface area contributed by atoms with Gasteiger partial charge in [0.1, 0.15) is 6.61 Å². The number of pyridine rings is 1.